The van der Waals surface area contributed by atoms with Crippen LogP contribution < -0.4 is 0 Å². The zero-order valence-corrected chi connectivity index (χ0v) is 18.3. The third-order valence-corrected chi connectivity index (χ3v) is 7.42. The van der Waals surface area contributed by atoms with Crippen molar-refractivity contribution in [3.63, 3.8) is 0 Å². The largest absolute Gasteiger partial charge is 0.508 e. The summed E-state index contributed by atoms with van der Waals surface area (Å²) in [6, 6.07) is 0. The van der Waals surface area contributed by atoms with Gasteiger partial charge in [-0.2, -0.15) is 0 Å². The highest BCUT2D eigenvalue weighted by Crippen LogP contribution is 2.46. The lowest BCUT2D eigenvalue weighted by atomic mass is 9.67. The highest BCUT2D eigenvalue weighted by Gasteiger charge is 2.41. The summed E-state index contributed by atoms with van der Waals surface area (Å²) in [6.07, 6.45) is 20.0. The number of carbonyl (C=O) groups excluding carboxylic acids is 1. The van der Waals surface area contributed by atoms with Crippen molar-refractivity contribution in [2.75, 3.05) is 7.11 Å². The molecule has 0 bridgehead atoms. The lowest BCUT2D eigenvalue weighted by molar-refractivity contribution is -0.0677. The predicted octanol–water partition coefficient (Wildman–Crippen LogP) is 7.67. The molecule has 2 saturated carbocycles. The van der Waals surface area contributed by atoms with E-state index in [1.807, 2.05) is 0 Å². The number of hydrogen-bond donors (Lipinski definition) is 0. The highest BCUT2D eigenvalue weighted by molar-refractivity contribution is 5.60. The first kappa shape index (κ1) is 22.6. The molecule has 0 aliphatic heterocycles. The van der Waals surface area contributed by atoms with Gasteiger partial charge in [-0.05, 0) is 69.1 Å². The van der Waals surface area contributed by atoms with Crippen LogP contribution in [0.5, 0.6) is 0 Å². The number of unbranched alkanes of at least 4 members (excludes halogenated alkanes) is 4. The SMILES string of the molecule is CCCCCC1CCC(C2CCC(CCCCC)(OC(=O)OC)CC2)CC1. The van der Waals surface area contributed by atoms with Crippen LogP contribution in [0.15, 0.2) is 0 Å². The molecule has 0 amide bonds. The van der Waals surface area contributed by atoms with Gasteiger partial charge >= 0.3 is 6.16 Å². The number of hydrogen-bond acceptors (Lipinski definition) is 3. The Kier molecular flexibility index (Phi) is 10.00. The molecule has 27 heavy (non-hydrogen) atoms. The molecule has 0 aromatic heterocycles. The van der Waals surface area contributed by atoms with Crippen molar-refractivity contribution in [1.29, 1.82) is 0 Å². The summed E-state index contributed by atoms with van der Waals surface area (Å²) in [7, 11) is 1.42. The first-order chi connectivity index (χ1) is 13.1. The average Bonchev–Trinajstić information content (AvgIpc) is 2.69. The molecule has 0 spiro atoms. The zero-order chi connectivity index (χ0) is 19.5. The molecule has 0 N–H and O–H groups in total. The van der Waals surface area contributed by atoms with Gasteiger partial charge in [0.1, 0.15) is 5.60 Å². The summed E-state index contributed by atoms with van der Waals surface area (Å²) < 4.78 is 10.6. The Labute approximate surface area is 168 Å². The van der Waals surface area contributed by atoms with E-state index in [4.69, 9.17) is 9.47 Å². The molecule has 2 aliphatic rings. The molecule has 0 radical (unpaired) electrons. The van der Waals surface area contributed by atoms with E-state index in [1.165, 1.54) is 84.2 Å². The second-order valence-corrected chi connectivity index (χ2v) is 9.31. The van der Waals surface area contributed by atoms with Crippen LogP contribution in [0.1, 0.15) is 117 Å². The second-order valence-electron chi connectivity index (χ2n) is 9.31. The van der Waals surface area contributed by atoms with Gasteiger partial charge in [-0.25, -0.2) is 4.79 Å². The molecular formula is C24H44O3. The summed E-state index contributed by atoms with van der Waals surface area (Å²) in [4.78, 5) is 11.8. The van der Waals surface area contributed by atoms with E-state index in [0.29, 0.717) is 0 Å². The van der Waals surface area contributed by atoms with E-state index < -0.39 is 6.16 Å². The third kappa shape index (κ3) is 7.31. The lowest BCUT2D eigenvalue weighted by Crippen LogP contribution is -2.40. The quantitative estimate of drug-likeness (QED) is 0.288. The van der Waals surface area contributed by atoms with E-state index in [-0.39, 0.29) is 5.60 Å². The van der Waals surface area contributed by atoms with Gasteiger partial charge in [-0.1, -0.05) is 65.2 Å². The topological polar surface area (TPSA) is 35.5 Å². The fourth-order valence-electron chi connectivity index (χ4n) is 5.59. The van der Waals surface area contributed by atoms with Gasteiger partial charge < -0.3 is 9.47 Å². The maximum absolute atomic E-state index is 11.8. The maximum atomic E-state index is 11.8. The van der Waals surface area contributed by atoms with Crippen LogP contribution in [0.4, 0.5) is 4.79 Å². The van der Waals surface area contributed by atoms with Crippen LogP contribution in [0.25, 0.3) is 0 Å². The predicted molar refractivity (Wildman–Crippen MR) is 112 cm³/mol. The molecule has 0 atom stereocenters. The van der Waals surface area contributed by atoms with Crippen LogP contribution in [0, 0.1) is 17.8 Å². The molecule has 158 valence electrons. The highest BCUT2D eigenvalue weighted by atomic mass is 16.7. The van der Waals surface area contributed by atoms with E-state index in [0.717, 1.165) is 43.4 Å². The van der Waals surface area contributed by atoms with Crippen LogP contribution in [0.3, 0.4) is 0 Å². The summed E-state index contributed by atoms with van der Waals surface area (Å²) >= 11 is 0. The van der Waals surface area contributed by atoms with E-state index in [1.54, 1.807) is 0 Å². The maximum Gasteiger partial charge on any atom is 0.508 e. The minimum absolute atomic E-state index is 0.254. The third-order valence-electron chi connectivity index (χ3n) is 7.42. The number of carbonyl (C=O) groups is 1. The molecule has 3 nitrogen and oxygen atoms in total. The van der Waals surface area contributed by atoms with E-state index in [9.17, 15) is 4.79 Å². The van der Waals surface area contributed by atoms with Gasteiger partial charge in [0.05, 0.1) is 7.11 Å². The number of methoxy groups -OCH3 is 1. The molecule has 0 aromatic carbocycles. The summed E-state index contributed by atoms with van der Waals surface area (Å²) in [5.41, 5.74) is -0.254. The van der Waals surface area contributed by atoms with Crippen molar-refractivity contribution in [2.45, 2.75) is 122 Å². The van der Waals surface area contributed by atoms with Gasteiger partial charge in [0.25, 0.3) is 0 Å². The number of rotatable bonds is 10. The molecule has 0 saturated heterocycles. The smallest absolute Gasteiger partial charge is 0.438 e. The van der Waals surface area contributed by atoms with Gasteiger partial charge in [0, 0.05) is 0 Å². The van der Waals surface area contributed by atoms with Gasteiger partial charge in [0.15, 0.2) is 0 Å². The Morgan fingerprint density at radius 1 is 0.852 bits per heavy atom. The van der Waals surface area contributed by atoms with Crippen LogP contribution in [-0.4, -0.2) is 18.9 Å². The Balaban J connectivity index is 1.78. The molecule has 3 heteroatoms. The summed E-state index contributed by atoms with van der Waals surface area (Å²) in [5, 5.41) is 0. The number of ether oxygens (including phenoxy) is 2. The normalized spacial score (nSPS) is 31.4. The molecular weight excluding hydrogens is 336 g/mol. The van der Waals surface area contributed by atoms with Crippen molar-refractivity contribution in [1.82, 2.24) is 0 Å². The second kappa shape index (κ2) is 12.0. The Hall–Kier alpha value is -0.730. The zero-order valence-electron chi connectivity index (χ0n) is 18.3. The van der Waals surface area contributed by atoms with Crippen LogP contribution in [-0.2, 0) is 9.47 Å². The minimum atomic E-state index is -0.488. The van der Waals surface area contributed by atoms with Crippen molar-refractivity contribution >= 4 is 6.16 Å². The fraction of sp³-hybridized carbons (Fsp3) is 0.958. The molecule has 0 heterocycles. The van der Waals surface area contributed by atoms with E-state index >= 15 is 0 Å². The van der Waals surface area contributed by atoms with Crippen molar-refractivity contribution in [3.8, 4) is 0 Å². The van der Waals surface area contributed by atoms with Crippen molar-refractivity contribution in [3.05, 3.63) is 0 Å². The Morgan fingerprint density at radius 3 is 2.04 bits per heavy atom. The fourth-order valence-corrected chi connectivity index (χ4v) is 5.59. The van der Waals surface area contributed by atoms with Crippen LogP contribution >= 0.6 is 0 Å². The molecule has 2 fully saturated rings. The Bertz CT molecular complexity index is 404. The van der Waals surface area contributed by atoms with E-state index in [2.05, 4.69) is 13.8 Å². The average molecular weight is 381 g/mol. The van der Waals surface area contributed by atoms with Crippen molar-refractivity contribution < 1.29 is 14.3 Å². The van der Waals surface area contributed by atoms with Crippen LogP contribution in [0.2, 0.25) is 0 Å². The summed E-state index contributed by atoms with van der Waals surface area (Å²) in [6.45, 7) is 4.52. The summed E-state index contributed by atoms with van der Waals surface area (Å²) in [5.74, 6) is 2.76. The van der Waals surface area contributed by atoms with Gasteiger partial charge in [-0.15, -0.1) is 0 Å². The molecule has 2 rings (SSSR count). The van der Waals surface area contributed by atoms with Crippen molar-refractivity contribution in [2.24, 2.45) is 17.8 Å². The molecule has 0 unspecified atom stereocenters. The minimum Gasteiger partial charge on any atom is -0.438 e. The standard InChI is InChI=1S/C24H44O3/c1-4-6-8-10-20-11-13-21(14-12-20)22-15-18-24(19-16-22,17-9-7-5-2)27-23(25)26-3/h20-22H,4-19H2,1-3H3. The van der Waals surface area contributed by atoms with Gasteiger partial charge in [0.2, 0.25) is 0 Å². The Morgan fingerprint density at radius 2 is 1.44 bits per heavy atom. The first-order valence-electron chi connectivity index (χ1n) is 11.9. The monoisotopic (exact) mass is 380 g/mol. The lowest BCUT2D eigenvalue weighted by Gasteiger charge is -2.43. The first-order valence-corrected chi connectivity index (χ1v) is 11.9. The molecule has 0 aromatic rings. The van der Waals surface area contributed by atoms with Gasteiger partial charge in [-0.3, -0.25) is 0 Å². The molecule has 2 aliphatic carbocycles.